The van der Waals surface area contributed by atoms with E-state index in [0.717, 1.165) is 38.0 Å². The van der Waals surface area contributed by atoms with Gasteiger partial charge in [0.1, 0.15) is 0 Å². The van der Waals surface area contributed by atoms with Crippen molar-refractivity contribution in [2.24, 2.45) is 5.92 Å². The van der Waals surface area contributed by atoms with E-state index in [2.05, 4.69) is 40.5 Å². The first-order valence-corrected chi connectivity index (χ1v) is 9.52. The van der Waals surface area contributed by atoms with Gasteiger partial charge >= 0.3 is 0 Å². The van der Waals surface area contributed by atoms with E-state index in [1.54, 1.807) is 6.07 Å². The summed E-state index contributed by atoms with van der Waals surface area (Å²) >= 11 is 0. The van der Waals surface area contributed by atoms with Crippen LogP contribution >= 0.6 is 0 Å². The first-order chi connectivity index (χ1) is 12.5. The molecule has 0 unspecified atom stereocenters. The summed E-state index contributed by atoms with van der Waals surface area (Å²) in [5.74, 6) is 0.657. The van der Waals surface area contributed by atoms with Gasteiger partial charge in [0.2, 0.25) is 0 Å². The zero-order valence-electron chi connectivity index (χ0n) is 15.7. The Morgan fingerprint density at radius 3 is 2.50 bits per heavy atom. The van der Waals surface area contributed by atoms with E-state index < -0.39 is 0 Å². The number of carbonyl (C=O) groups excluding carboxylic acids is 1. The molecule has 2 aromatic carbocycles. The number of nitrogens with zero attached hydrogens (tertiary/aromatic N) is 1. The summed E-state index contributed by atoms with van der Waals surface area (Å²) < 4.78 is 0. The molecule has 0 spiro atoms. The summed E-state index contributed by atoms with van der Waals surface area (Å²) in [7, 11) is 0. The van der Waals surface area contributed by atoms with Crippen LogP contribution < -0.4 is 16.0 Å². The number of hydrogen-bond acceptors (Lipinski definition) is 3. The molecule has 2 aromatic rings. The first kappa shape index (κ1) is 18.3. The molecule has 1 saturated heterocycles. The summed E-state index contributed by atoms with van der Waals surface area (Å²) in [6.45, 7) is 5.89. The van der Waals surface area contributed by atoms with E-state index in [0.29, 0.717) is 17.2 Å². The van der Waals surface area contributed by atoms with Crippen molar-refractivity contribution in [1.29, 1.82) is 0 Å². The molecular weight excluding hydrogens is 322 g/mol. The molecular formula is C22H29N3O. The smallest absolute Gasteiger partial charge is 0.253 e. The molecule has 1 aliphatic rings. The predicted octanol–water partition coefficient (Wildman–Crippen LogP) is 3.87. The number of hydrogen-bond donors (Lipinski definition) is 2. The minimum atomic E-state index is -0.0475. The number of carbonyl (C=O) groups is 1. The van der Waals surface area contributed by atoms with Gasteiger partial charge in [0.05, 0.1) is 5.56 Å². The van der Waals surface area contributed by atoms with Gasteiger partial charge in [-0.15, -0.1) is 0 Å². The van der Waals surface area contributed by atoms with Crippen molar-refractivity contribution in [3.05, 3.63) is 59.7 Å². The minimum Gasteiger partial charge on any atom is -0.399 e. The highest BCUT2D eigenvalue weighted by molar-refractivity contribution is 6.00. The van der Waals surface area contributed by atoms with E-state index in [1.807, 2.05) is 26.0 Å². The van der Waals surface area contributed by atoms with Crippen molar-refractivity contribution in [1.82, 2.24) is 5.32 Å². The lowest BCUT2D eigenvalue weighted by Crippen LogP contribution is -2.37. The molecule has 1 heterocycles. The third-order valence-electron chi connectivity index (χ3n) is 5.01. The highest BCUT2D eigenvalue weighted by atomic mass is 16.1. The van der Waals surface area contributed by atoms with Gasteiger partial charge in [0.15, 0.2) is 0 Å². The Bertz CT molecular complexity index is 734. The maximum atomic E-state index is 12.6. The van der Waals surface area contributed by atoms with Crippen LogP contribution in [0.1, 0.15) is 42.6 Å². The third kappa shape index (κ3) is 4.57. The number of amides is 1. The quantitative estimate of drug-likeness (QED) is 0.804. The molecule has 0 aromatic heterocycles. The van der Waals surface area contributed by atoms with Gasteiger partial charge in [-0.05, 0) is 62.8 Å². The van der Waals surface area contributed by atoms with Crippen molar-refractivity contribution in [3.8, 4) is 0 Å². The van der Waals surface area contributed by atoms with Crippen LogP contribution in [0.15, 0.2) is 48.5 Å². The molecule has 0 atom stereocenters. The first-order valence-electron chi connectivity index (χ1n) is 9.52. The Kier molecular flexibility index (Phi) is 5.82. The van der Waals surface area contributed by atoms with Gasteiger partial charge in [-0.3, -0.25) is 4.79 Å². The van der Waals surface area contributed by atoms with Gasteiger partial charge in [-0.25, -0.2) is 0 Å². The lowest BCUT2D eigenvalue weighted by atomic mass is 9.89. The number of benzene rings is 2. The van der Waals surface area contributed by atoms with Gasteiger partial charge in [-0.1, -0.05) is 30.3 Å². The summed E-state index contributed by atoms with van der Waals surface area (Å²) in [5, 5.41) is 2.99. The molecule has 0 saturated carbocycles. The van der Waals surface area contributed by atoms with E-state index in [4.69, 9.17) is 5.73 Å². The monoisotopic (exact) mass is 351 g/mol. The second-order valence-electron chi connectivity index (χ2n) is 7.52. The fraction of sp³-hybridized carbons (Fsp3) is 0.409. The molecule has 4 heteroatoms. The number of nitrogen functional groups attached to an aromatic ring is 1. The Morgan fingerprint density at radius 1 is 1.15 bits per heavy atom. The van der Waals surface area contributed by atoms with Crippen LogP contribution in [0.3, 0.4) is 0 Å². The third-order valence-corrected chi connectivity index (χ3v) is 5.01. The fourth-order valence-corrected chi connectivity index (χ4v) is 3.68. The molecule has 4 nitrogen and oxygen atoms in total. The van der Waals surface area contributed by atoms with Crippen LogP contribution in [0, 0.1) is 5.92 Å². The van der Waals surface area contributed by atoms with Crippen LogP contribution in [0.2, 0.25) is 0 Å². The molecule has 3 rings (SSSR count). The Hall–Kier alpha value is -2.49. The number of rotatable bonds is 5. The average molecular weight is 351 g/mol. The topological polar surface area (TPSA) is 58.4 Å². The summed E-state index contributed by atoms with van der Waals surface area (Å²) in [6, 6.07) is 16.5. The lowest BCUT2D eigenvalue weighted by Gasteiger charge is -2.35. The molecule has 1 aliphatic heterocycles. The summed E-state index contributed by atoms with van der Waals surface area (Å²) in [4.78, 5) is 14.9. The van der Waals surface area contributed by atoms with E-state index in [-0.39, 0.29) is 11.9 Å². The molecule has 1 fully saturated rings. The summed E-state index contributed by atoms with van der Waals surface area (Å²) in [6.07, 6.45) is 3.42. The second-order valence-corrected chi connectivity index (χ2v) is 7.52. The normalized spacial score (nSPS) is 15.3. The van der Waals surface area contributed by atoms with E-state index in [9.17, 15) is 4.79 Å². The van der Waals surface area contributed by atoms with E-state index >= 15 is 0 Å². The Morgan fingerprint density at radius 2 is 1.85 bits per heavy atom. The zero-order chi connectivity index (χ0) is 18.5. The second kappa shape index (κ2) is 8.26. The van der Waals surface area contributed by atoms with Gasteiger partial charge in [0, 0.05) is 30.5 Å². The highest BCUT2D eigenvalue weighted by Crippen LogP contribution is 2.29. The number of anilines is 2. The highest BCUT2D eigenvalue weighted by Gasteiger charge is 2.23. The zero-order valence-corrected chi connectivity index (χ0v) is 15.7. The van der Waals surface area contributed by atoms with Crippen molar-refractivity contribution in [2.75, 3.05) is 23.7 Å². The van der Waals surface area contributed by atoms with Crippen LogP contribution in [0.25, 0.3) is 0 Å². The number of piperidine rings is 1. The maximum absolute atomic E-state index is 12.6. The standard InChI is InChI=1S/C22H29N3O/c1-16(2)24-22(26)20-15-19(23)8-9-21(20)25-12-10-18(11-13-25)14-17-6-4-3-5-7-17/h3-9,15-16,18H,10-14,23H2,1-2H3,(H,24,26). The molecule has 26 heavy (non-hydrogen) atoms. The molecule has 138 valence electrons. The Labute approximate surface area is 156 Å². The maximum Gasteiger partial charge on any atom is 0.253 e. The van der Waals surface area contributed by atoms with E-state index in [1.165, 1.54) is 5.56 Å². The largest absolute Gasteiger partial charge is 0.399 e. The molecule has 1 amide bonds. The van der Waals surface area contributed by atoms with Crippen LogP contribution in [-0.4, -0.2) is 25.0 Å². The van der Waals surface area contributed by atoms with Crippen molar-refractivity contribution in [3.63, 3.8) is 0 Å². The van der Waals surface area contributed by atoms with Gasteiger partial charge in [-0.2, -0.15) is 0 Å². The molecule has 0 bridgehead atoms. The average Bonchev–Trinajstić information content (AvgIpc) is 2.63. The minimum absolute atomic E-state index is 0.0475. The van der Waals surface area contributed by atoms with Crippen molar-refractivity contribution in [2.45, 2.75) is 39.2 Å². The SMILES string of the molecule is CC(C)NC(=O)c1cc(N)ccc1N1CCC(Cc2ccccc2)CC1. The van der Waals surface area contributed by atoms with Crippen molar-refractivity contribution >= 4 is 17.3 Å². The lowest BCUT2D eigenvalue weighted by molar-refractivity contribution is 0.0943. The van der Waals surface area contributed by atoms with Gasteiger partial charge < -0.3 is 16.0 Å². The Balaban J connectivity index is 1.68. The van der Waals surface area contributed by atoms with Crippen LogP contribution in [0.4, 0.5) is 11.4 Å². The molecule has 3 N–H and O–H groups in total. The van der Waals surface area contributed by atoms with Crippen LogP contribution in [-0.2, 0) is 6.42 Å². The predicted molar refractivity (Wildman–Crippen MR) is 109 cm³/mol. The fourth-order valence-electron chi connectivity index (χ4n) is 3.68. The van der Waals surface area contributed by atoms with Crippen molar-refractivity contribution < 1.29 is 4.79 Å². The van der Waals surface area contributed by atoms with Gasteiger partial charge in [0.25, 0.3) is 5.91 Å². The van der Waals surface area contributed by atoms with Crippen LogP contribution in [0.5, 0.6) is 0 Å². The summed E-state index contributed by atoms with van der Waals surface area (Å²) in [5.41, 5.74) is 9.65. The number of nitrogens with two attached hydrogens (primary N) is 1. The molecule has 0 aliphatic carbocycles. The molecule has 0 radical (unpaired) electrons. The number of nitrogens with one attached hydrogen (secondary N) is 1.